The molecule has 0 saturated carbocycles. The molecule has 0 bridgehead atoms. The van der Waals surface area contributed by atoms with Gasteiger partial charge in [-0.25, -0.2) is 4.79 Å². The van der Waals surface area contributed by atoms with E-state index in [9.17, 15) is 19.7 Å². The number of ether oxygens (including phenoxy) is 1. The second kappa shape index (κ2) is 7.32. The minimum absolute atomic E-state index is 0.0387. The van der Waals surface area contributed by atoms with Gasteiger partial charge in [0.2, 0.25) is 0 Å². The van der Waals surface area contributed by atoms with Gasteiger partial charge in [-0.2, -0.15) is 0 Å². The average molecular weight is 404 g/mol. The van der Waals surface area contributed by atoms with Crippen LogP contribution in [-0.4, -0.2) is 28.5 Å². The fourth-order valence-corrected chi connectivity index (χ4v) is 3.48. The molecular formula is C22H16N2O6. The van der Waals surface area contributed by atoms with E-state index in [1.807, 2.05) is 0 Å². The Morgan fingerprint density at radius 3 is 2.57 bits per heavy atom. The summed E-state index contributed by atoms with van der Waals surface area (Å²) in [4.78, 5) is 36.0. The Kier molecular flexibility index (Phi) is 4.67. The predicted molar refractivity (Wildman–Crippen MR) is 109 cm³/mol. The van der Waals surface area contributed by atoms with Gasteiger partial charge in [-0.05, 0) is 25.1 Å². The number of carbonyl (C=O) groups excluding carboxylic acids is 2. The zero-order valence-corrected chi connectivity index (χ0v) is 16.1. The average Bonchev–Trinajstić information content (AvgIpc) is 3.35. The number of nitro groups is 1. The number of para-hydroxylation sites is 1. The first-order valence-corrected chi connectivity index (χ1v) is 9.00. The predicted octanol–water partition coefficient (Wildman–Crippen LogP) is 4.59. The molecule has 4 aromatic rings. The van der Waals surface area contributed by atoms with Crippen molar-refractivity contribution in [3.8, 4) is 11.3 Å². The van der Waals surface area contributed by atoms with Crippen LogP contribution < -0.4 is 0 Å². The molecule has 0 aliphatic carbocycles. The SMILES string of the molecule is COC(=O)c1c(C)n(C(=O)c2ccc(-c3cccc([N+](=O)[O-])c3)o2)c2ccccc12. The lowest BCUT2D eigenvalue weighted by Gasteiger charge is -2.05. The molecule has 150 valence electrons. The summed E-state index contributed by atoms with van der Waals surface area (Å²) in [5.74, 6) is -0.636. The number of rotatable bonds is 4. The molecule has 0 spiro atoms. The zero-order chi connectivity index (χ0) is 21.4. The third-order valence-corrected chi connectivity index (χ3v) is 4.86. The standard InChI is InChI=1S/C22H16N2O6/c1-13-20(22(26)29-2)16-8-3-4-9-17(16)23(13)21(25)19-11-10-18(30-19)14-6-5-7-15(12-14)24(27)28/h3-12H,1-2H3. The maximum Gasteiger partial charge on any atom is 0.340 e. The van der Waals surface area contributed by atoms with Crippen molar-refractivity contribution < 1.29 is 23.7 Å². The van der Waals surface area contributed by atoms with Gasteiger partial charge >= 0.3 is 5.97 Å². The van der Waals surface area contributed by atoms with Crippen molar-refractivity contribution in [2.24, 2.45) is 0 Å². The summed E-state index contributed by atoms with van der Waals surface area (Å²) in [6, 6.07) is 16.1. The first-order valence-electron chi connectivity index (χ1n) is 9.00. The first-order chi connectivity index (χ1) is 14.4. The highest BCUT2D eigenvalue weighted by Crippen LogP contribution is 2.30. The van der Waals surface area contributed by atoms with Gasteiger partial charge in [-0.15, -0.1) is 0 Å². The van der Waals surface area contributed by atoms with Crippen LogP contribution >= 0.6 is 0 Å². The number of benzene rings is 2. The lowest BCUT2D eigenvalue weighted by Crippen LogP contribution is -2.14. The van der Waals surface area contributed by atoms with Gasteiger partial charge in [0, 0.05) is 28.8 Å². The normalized spacial score (nSPS) is 10.9. The molecule has 2 heterocycles. The van der Waals surface area contributed by atoms with Crippen LogP contribution in [0.2, 0.25) is 0 Å². The van der Waals surface area contributed by atoms with Gasteiger partial charge in [-0.1, -0.05) is 30.3 Å². The second-order valence-electron chi connectivity index (χ2n) is 6.58. The van der Waals surface area contributed by atoms with Crippen molar-refractivity contribution in [2.75, 3.05) is 7.11 Å². The van der Waals surface area contributed by atoms with Crippen molar-refractivity contribution in [1.29, 1.82) is 0 Å². The summed E-state index contributed by atoms with van der Waals surface area (Å²) in [5, 5.41) is 11.6. The van der Waals surface area contributed by atoms with Gasteiger partial charge in [0.25, 0.3) is 11.6 Å². The van der Waals surface area contributed by atoms with Crippen molar-refractivity contribution in [1.82, 2.24) is 4.57 Å². The molecule has 0 amide bonds. The number of non-ortho nitro benzene ring substituents is 1. The van der Waals surface area contributed by atoms with Gasteiger partial charge in [-0.3, -0.25) is 19.5 Å². The number of methoxy groups -OCH3 is 1. The molecule has 0 aliphatic rings. The number of aromatic nitrogens is 1. The fourth-order valence-electron chi connectivity index (χ4n) is 3.48. The Hall–Kier alpha value is -4.20. The highest BCUT2D eigenvalue weighted by atomic mass is 16.6. The molecule has 0 radical (unpaired) electrons. The maximum atomic E-state index is 13.2. The van der Waals surface area contributed by atoms with Crippen LogP contribution in [0, 0.1) is 17.0 Å². The second-order valence-corrected chi connectivity index (χ2v) is 6.58. The summed E-state index contributed by atoms with van der Waals surface area (Å²) in [6.07, 6.45) is 0. The number of nitro benzene ring substituents is 1. The Bertz CT molecular complexity index is 1310. The number of carbonyl (C=O) groups is 2. The largest absolute Gasteiger partial charge is 0.465 e. The number of esters is 1. The summed E-state index contributed by atoms with van der Waals surface area (Å²) in [7, 11) is 1.29. The summed E-state index contributed by atoms with van der Waals surface area (Å²) < 4.78 is 12.0. The Balaban J connectivity index is 1.80. The quantitative estimate of drug-likeness (QED) is 0.280. The number of hydrogen-bond acceptors (Lipinski definition) is 6. The Morgan fingerprint density at radius 1 is 1.07 bits per heavy atom. The van der Waals surface area contributed by atoms with Crippen molar-refractivity contribution in [3.05, 3.63) is 87.8 Å². The van der Waals surface area contributed by atoms with Crippen molar-refractivity contribution in [3.63, 3.8) is 0 Å². The van der Waals surface area contributed by atoms with Gasteiger partial charge in [0.1, 0.15) is 5.76 Å². The number of nitrogens with zero attached hydrogens (tertiary/aromatic N) is 2. The van der Waals surface area contributed by atoms with Crippen molar-refractivity contribution in [2.45, 2.75) is 6.92 Å². The van der Waals surface area contributed by atoms with Crippen LogP contribution in [0.3, 0.4) is 0 Å². The molecule has 8 heteroatoms. The number of furan rings is 1. The van der Waals surface area contributed by atoms with Gasteiger partial charge in [0.05, 0.1) is 23.1 Å². The van der Waals surface area contributed by atoms with Crippen LogP contribution in [0.5, 0.6) is 0 Å². The van der Waals surface area contributed by atoms with Crippen LogP contribution in [0.15, 0.2) is 65.1 Å². The Morgan fingerprint density at radius 2 is 1.83 bits per heavy atom. The highest BCUT2D eigenvalue weighted by Gasteiger charge is 2.25. The minimum Gasteiger partial charge on any atom is -0.465 e. The van der Waals surface area contributed by atoms with Gasteiger partial charge in [0.15, 0.2) is 5.76 Å². The monoisotopic (exact) mass is 404 g/mol. The zero-order valence-electron chi connectivity index (χ0n) is 16.1. The van der Waals surface area contributed by atoms with E-state index in [1.54, 1.807) is 49.4 Å². The summed E-state index contributed by atoms with van der Waals surface area (Å²) in [5.41, 5.74) is 1.70. The molecule has 2 aromatic heterocycles. The molecule has 0 saturated heterocycles. The smallest absolute Gasteiger partial charge is 0.340 e. The van der Waals surface area contributed by atoms with Crippen LogP contribution in [0.25, 0.3) is 22.2 Å². The molecular weight excluding hydrogens is 388 g/mol. The summed E-state index contributed by atoms with van der Waals surface area (Å²) in [6.45, 7) is 1.66. The van der Waals surface area contributed by atoms with E-state index in [0.29, 0.717) is 33.5 Å². The molecule has 30 heavy (non-hydrogen) atoms. The maximum absolute atomic E-state index is 13.2. The summed E-state index contributed by atoms with van der Waals surface area (Å²) >= 11 is 0. The van der Waals surface area contributed by atoms with Crippen LogP contribution in [0.1, 0.15) is 26.6 Å². The molecule has 8 nitrogen and oxygen atoms in total. The highest BCUT2D eigenvalue weighted by molar-refractivity contribution is 6.11. The number of fused-ring (bicyclic) bond motifs is 1. The van der Waals surface area contributed by atoms with Crippen LogP contribution in [-0.2, 0) is 4.74 Å². The van der Waals surface area contributed by atoms with E-state index < -0.39 is 16.8 Å². The lowest BCUT2D eigenvalue weighted by atomic mass is 10.1. The molecule has 0 N–H and O–H groups in total. The molecule has 4 rings (SSSR count). The van der Waals surface area contributed by atoms with E-state index in [2.05, 4.69) is 0 Å². The molecule has 0 fully saturated rings. The molecule has 0 atom stereocenters. The van der Waals surface area contributed by atoms with E-state index in [-0.39, 0.29) is 11.4 Å². The van der Waals surface area contributed by atoms with Crippen molar-refractivity contribution >= 4 is 28.5 Å². The molecule has 0 unspecified atom stereocenters. The van der Waals surface area contributed by atoms with E-state index in [4.69, 9.17) is 9.15 Å². The third-order valence-electron chi connectivity index (χ3n) is 4.86. The van der Waals surface area contributed by atoms with Gasteiger partial charge < -0.3 is 9.15 Å². The lowest BCUT2D eigenvalue weighted by molar-refractivity contribution is -0.384. The molecule has 0 aliphatic heterocycles. The third kappa shape index (κ3) is 3.04. The minimum atomic E-state index is -0.535. The van der Waals surface area contributed by atoms with Crippen LogP contribution in [0.4, 0.5) is 5.69 Å². The number of hydrogen-bond donors (Lipinski definition) is 0. The first kappa shape index (κ1) is 19.1. The van der Waals surface area contributed by atoms with E-state index in [1.165, 1.54) is 29.9 Å². The van der Waals surface area contributed by atoms with E-state index >= 15 is 0 Å². The van der Waals surface area contributed by atoms with E-state index in [0.717, 1.165) is 0 Å². The fraction of sp³-hybridized carbons (Fsp3) is 0.0909. The molecule has 2 aromatic carbocycles. The Labute approximate surface area is 170 Å². The topological polar surface area (TPSA) is 105 Å².